The van der Waals surface area contributed by atoms with Crippen molar-refractivity contribution in [2.75, 3.05) is 0 Å². The van der Waals surface area contributed by atoms with Crippen LogP contribution in [-0.4, -0.2) is 21.0 Å². The Hall–Kier alpha value is -1.09. The van der Waals surface area contributed by atoms with Crippen molar-refractivity contribution in [2.24, 2.45) is 0 Å². The maximum Gasteiger partial charge on any atom is 0.0698 e. The van der Waals surface area contributed by atoms with Crippen molar-refractivity contribution in [3.63, 3.8) is 0 Å². The number of aliphatic hydroxyl groups excluding tert-OH is 1. The predicted octanol–water partition coefficient (Wildman–Crippen LogP) is 2.30. The average molecular weight is 208 g/mol. The van der Waals surface area contributed by atoms with Crippen LogP contribution in [0.5, 0.6) is 0 Å². The van der Waals surface area contributed by atoms with Crippen LogP contribution in [0.4, 0.5) is 0 Å². The number of hydrogen-bond acceptors (Lipinski definition) is 2. The standard InChI is InChI=1S/C12H20N2O/c1-6-14-11(5)12(10(4)13-14)8(2)7-9(3)15/h7,9,15H,6H2,1-5H3. The van der Waals surface area contributed by atoms with Crippen molar-refractivity contribution in [3.8, 4) is 0 Å². The van der Waals surface area contributed by atoms with Crippen LogP contribution in [0.3, 0.4) is 0 Å². The molecule has 1 aromatic heterocycles. The molecule has 1 rings (SSSR count). The van der Waals surface area contributed by atoms with Crippen LogP contribution in [0.25, 0.3) is 5.57 Å². The zero-order valence-electron chi connectivity index (χ0n) is 10.2. The molecule has 0 saturated carbocycles. The molecular weight excluding hydrogens is 188 g/mol. The highest BCUT2D eigenvalue weighted by molar-refractivity contribution is 5.67. The highest BCUT2D eigenvalue weighted by atomic mass is 16.3. The fourth-order valence-corrected chi connectivity index (χ4v) is 2.02. The van der Waals surface area contributed by atoms with Gasteiger partial charge < -0.3 is 5.11 Å². The summed E-state index contributed by atoms with van der Waals surface area (Å²) >= 11 is 0. The van der Waals surface area contributed by atoms with E-state index in [0.717, 1.165) is 23.4 Å². The summed E-state index contributed by atoms with van der Waals surface area (Å²) in [6, 6.07) is 0. The van der Waals surface area contributed by atoms with Crippen molar-refractivity contribution in [1.29, 1.82) is 0 Å². The lowest BCUT2D eigenvalue weighted by Gasteiger charge is -2.04. The van der Waals surface area contributed by atoms with E-state index in [1.807, 2.05) is 24.6 Å². The summed E-state index contributed by atoms with van der Waals surface area (Å²) < 4.78 is 1.99. The van der Waals surface area contributed by atoms with Gasteiger partial charge >= 0.3 is 0 Å². The normalized spacial score (nSPS) is 14.4. The average Bonchev–Trinajstić information content (AvgIpc) is 2.40. The number of rotatable bonds is 3. The number of nitrogens with zero attached hydrogens (tertiary/aromatic N) is 2. The topological polar surface area (TPSA) is 38.0 Å². The van der Waals surface area contributed by atoms with Crippen LogP contribution in [0.2, 0.25) is 0 Å². The molecule has 0 radical (unpaired) electrons. The van der Waals surface area contributed by atoms with Gasteiger partial charge in [0.25, 0.3) is 0 Å². The van der Waals surface area contributed by atoms with E-state index in [-0.39, 0.29) is 0 Å². The first-order valence-electron chi connectivity index (χ1n) is 5.38. The van der Waals surface area contributed by atoms with Gasteiger partial charge in [-0.2, -0.15) is 5.10 Å². The largest absolute Gasteiger partial charge is 0.389 e. The first-order valence-corrected chi connectivity index (χ1v) is 5.38. The minimum absolute atomic E-state index is 0.409. The molecule has 0 aliphatic rings. The van der Waals surface area contributed by atoms with E-state index in [1.54, 1.807) is 6.92 Å². The highest BCUT2D eigenvalue weighted by Gasteiger charge is 2.11. The van der Waals surface area contributed by atoms with E-state index in [9.17, 15) is 5.11 Å². The Balaban J connectivity index is 3.19. The first-order chi connectivity index (χ1) is 6.97. The third kappa shape index (κ3) is 2.48. The second kappa shape index (κ2) is 4.62. The van der Waals surface area contributed by atoms with E-state index in [4.69, 9.17) is 0 Å². The summed E-state index contributed by atoms with van der Waals surface area (Å²) in [4.78, 5) is 0. The van der Waals surface area contributed by atoms with Crippen molar-refractivity contribution >= 4 is 5.57 Å². The van der Waals surface area contributed by atoms with Crippen LogP contribution in [0.15, 0.2) is 6.08 Å². The Bertz CT molecular complexity index is 375. The van der Waals surface area contributed by atoms with Gasteiger partial charge in [-0.05, 0) is 40.2 Å². The fraction of sp³-hybridized carbons (Fsp3) is 0.583. The zero-order valence-corrected chi connectivity index (χ0v) is 10.2. The van der Waals surface area contributed by atoms with Gasteiger partial charge in [0.15, 0.2) is 0 Å². The minimum atomic E-state index is -0.409. The molecule has 3 nitrogen and oxygen atoms in total. The van der Waals surface area contributed by atoms with Crippen LogP contribution in [0.1, 0.15) is 37.7 Å². The molecule has 0 aliphatic heterocycles. The van der Waals surface area contributed by atoms with Gasteiger partial charge in [-0.15, -0.1) is 0 Å². The summed E-state index contributed by atoms with van der Waals surface area (Å²) in [5, 5.41) is 13.8. The maximum absolute atomic E-state index is 9.33. The summed E-state index contributed by atoms with van der Waals surface area (Å²) in [6.07, 6.45) is 1.45. The first kappa shape index (κ1) is 12.0. The highest BCUT2D eigenvalue weighted by Crippen LogP contribution is 2.22. The smallest absolute Gasteiger partial charge is 0.0698 e. The van der Waals surface area contributed by atoms with Crippen LogP contribution >= 0.6 is 0 Å². The van der Waals surface area contributed by atoms with Gasteiger partial charge in [-0.3, -0.25) is 4.68 Å². The molecule has 0 aromatic carbocycles. The molecule has 1 aromatic rings. The monoisotopic (exact) mass is 208 g/mol. The van der Waals surface area contributed by atoms with E-state index in [2.05, 4.69) is 18.9 Å². The molecule has 0 aliphatic carbocycles. The SMILES string of the molecule is CCn1nc(C)c(C(C)=CC(C)O)c1C. The van der Waals surface area contributed by atoms with Gasteiger partial charge in [0.2, 0.25) is 0 Å². The number of hydrogen-bond donors (Lipinski definition) is 1. The van der Waals surface area contributed by atoms with E-state index >= 15 is 0 Å². The Morgan fingerprint density at radius 2 is 2.13 bits per heavy atom. The molecule has 0 saturated heterocycles. The molecule has 0 spiro atoms. The molecule has 1 unspecified atom stereocenters. The lowest BCUT2D eigenvalue weighted by atomic mass is 10.0. The third-order valence-electron chi connectivity index (χ3n) is 2.57. The van der Waals surface area contributed by atoms with E-state index in [0.29, 0.717) is 0 Å². The summed E-state index contributed by atoms with van der Waals surface area (Å²) in [5.41, 5.74) is 4.46. The summed E-state index contributed by atoms with van der Waals surface area (Å²) in [6.45, 7) is 10.8. The number of allylic oxidation sites excluding steroid dienone is 1. The third-order valence-corrected chi connectivity index (χ3v) is 2.57. The van der Waals surface area contributed by atoms with Crippen molar-refractivity contribution in [3.05, 3.63) is 23.0 Å². The number of aryl methyl sites for hydroxylation is 2. The molecule has 1 atom stereocenters. The Kier molecular flexibility index (Phi) is 3.69. The van der Waals surface area contributed by atoms with Crippen molar-refractivity contribution < 1.29 is 5.11 Å². The Morgan fingerprint density at radius 3 is 2.53 bits per heavy atom. The van der Waals surface area contributed by atoms with Gasteiger partial charge in [0.05, 0.1) is 11.8 Å². The molecular formula is C12H20N2O. The number of aliphatic hydroxyl groups is 1. The van der Waals surface area contributed by atoms with E-state index < -0.39 is 6.10 Å². The second-order valence-electron chi connectivity index (χ2n) is 3.95. The molecule has 84 valence electrons. The lowest BCUT2D eigenvalue weighted by molar-refractivity contribution is 0.244. The zero-order chi connectivity index (χ0) is 11.6. The van der Waals surface area contributed by atoms with Gasteiger partial charge in [-0.25, -0.2) is 0 Å². The Morgan fingerprint density at radius 1 is 1.53 bits per heavy atom. The predicted molar refractivity (Wildman–Crippen MR) is 62.7 cm³/mol. The molecule has 15 heavy (non-hydrogen) atoms. The lowest BCUT2D eigenvalue weighted by Crippen LogP contribution is -1.99. The van der Waals surface area contributed by atoms with Crippen molar-refractivity contribution in [1.82, 2.24) is 9.78 Å². The molecule has 0 bridgehead atoms. The maximum atomic E-state index is 9.33. The molecule has 0 fully saturated rings. The van der Waals surface area contributed by atoms with Gasteiger partial charge in [-0.1, -0.05) is 6.08 Å². The second-order valence-corrected chi connectivity index (χ2v) is 3.95. The summed E-state index contributed by atoms with van der Waals surface area (Å²) in [7, 11) is 0. The molecule has 1 N–H and O–H groups in total. The van der Waals surface area contributed by atoms with Crippen LogP contribution in [-0.2, 0) is 6.54 Å². The van der Waals surface area contributed by atoms with Crippen LogP contribution in [0, 0.1) is 13.8 Å². The molecule has 0 amide bonds. The van der Waals surface area contributed by atoms with Gasteiger partial charge in [0, 0.05) is 17.8 Å². The van der Waals surface area contributed by atoms with Crippen molar-refractivity contribution in [2.45, 2.75) is 47.3 Å². The van der Waals surface area contributed by atoms with Crippen LogP contribution < -0.4 is 0 Å². The summed E-state index contributed by atoms with van der Waals surface area (Å²) in [5.74, 6) is 0. The number of aromatic nitrogens is 2. The minimum Gasteiger partial charge on any atom is -0.389 e. The van der Waals surface area contributed by atoms with E-state index in [1.165, 1.54) is 5.69 Å². The van der Waals surface area contributed by atoms with Gasteiger partial charge in [0.1, 0.15) is 0 Å². The molecule has 3 heteroatoms. The quantitative estimate of drug-likeness (QED) is 0.827. The Labute approximate surface area is 91.4 Å². The fourth-order valence-electron chi connectivity index (χ4n) is 2.02. The molecule has 1 heterocycles.